The van der Waals surface area contributed by atoms with Crippen molar-refractivity contribution in [3.05, 3.63) is 40.2 Å². The van der Waals surface area contributed by atoms with Gasteiger partial charge in [0, 0.05) is 11.6 Å². The Hall–Kier alpha value is -2.29. The maximum absolute atomic E-state index is 13.3. The molecular formula is C18H22F2N4O2S. The van der Waals surface area contributed by atoms with E-state index in [9.17, 15) is 18.4 Å². The maximum Gasteiger partial charge on any atom is 0.278 e. The summed E-state index contributed by atoms with van der Waals surface area (Å²) in [6.07, 6.45) is 1.92. The minimum atomic E-state index is -1.07. The molecule has 2 N–H and O–H groups in total. The molecule has 0 saturated carbocycles. The molecule has 0 bridgehead atoms. The minimum absolute atomic E-state index is 0.0707. The van der Waals surface area contributed by atoms with E-state index in [-0.39, 0.29) is 34.1 Å². The number of nitrogens with zero attached hydrogens (tertiary/aromatic N) is 2. The van der Waals surface area contributed by atoms with Gasteiger partial charge < -0.3 is 5.32 Å². The second-order valence-electron chi connectivity index (χ2n) is 6.67. The van der Waals surface area contributed by atoms with Crippen molar-refractivity contribution in [1.82, 2.24) is 20.5 Å². The van der Waals surface area contributed by atoms with E-state index in [0.717, 1.165) is 36.7 Å². The molecule has 0 aliphatic rings. The first-order valence-corrected chi connectivity index (χ1v) is 9.59. The van der Waals surface area contributed by atoms with Gasteiger partial charge in [-0.15, -0.1) is 10.2 Å². The highest BCUT2D eigenvalue weighted by molar-refractivity contribution is 7.99. The van der Waals surface area contributed by atoms with Gasteiger partial charge in [-0.1, -0.05) is 25.6 Å². The van der Waals surface area contributed by atoms with E-state index >= 15 is 0 Å². The van der Waals surface area contributed by atoms with Crippen molar-refractivity contribution in [1.29, 1.82) is 0 Å². The zero-order chi connectivity index (χ0) is 20.0. The highest BCUT2D eigenvalue weighted by Gasteiger charge is 2.13. The van der Waals surface area contributed by atoms with Gasteiger partial charge in [0.2, 0.25) is 5.91 Å². The molecule has 6 nitrogen and oxygen atoms in total. The highest BCUT2D eigenvalue weighted by Crippen LogP contribution is 2.17. The van der Waals surface area contributed by atoms with Crippen molar-refractivity contribution in [2.75, 3.05) is 5.75 Å². The SMILES string of the molecule is CC(C)CCC(C)NC(=O)CSc1nnc(-c2ccc(F)c(F)c2)c(=O)[nH]1. The first-order valence-electron chi connectivity index (χ1n) is 8.61. The summed E-state index contributed by atoms with van der Waals surface area (Å²) in [4.78, 5) is 26.6. The van der Waals surface area contributed by atoms with E-state index in [1.165, 1.54) is 6.07 Å². The molecule has 1 atom stereocenters. The number of hydrogen-bond acceptors (Lipinski definition) is 5. The second kappa shape index (κ2) is 9.59. The van der Waals surface area contributed by atoms with Crippen LogP contribution in [0.4, 0.5) is 8.78 Å². The van der Waals surface area contributed by atoms with E-state index in [1.807, 2.05) is 6.92 Å². The molecule has 9 heteroatoms. The van der Waals surface area contributed by atoms with E-state index in [0.29, 0.717) is 5.92 Å². The Balaban J connectivity index is 1.94. The molecular weight excluding hydrogens is 374 g/mol. The van der Waals surface area contributed by atoms with Gasteiger partial charge in [0.05, 0.1) is 5.75 Å². The fourth-order valence-corrected chi connectivity index (χ4v) is 2.94. The number of halogens is 2. The molecule has 0 radical (unpaired) electrons. The Morgan fingerprint density at radius 3 is 2.56 bits per heavy atom. The molecule has 1 aromatic carbocycles. The van der Waals surface area contributed by atoms with Gasteiger partial charge in [0.15, 0.2) is 22.5 Å². The van der Waals surface area contributed by atoms with Gasteiger partial charge in [-0.2, -0.15) is 0 Å². The number of nitrogens with one attached hydrogen (secondary N) is 2. The summed E-state index contributed by atoms with van der Waals surface area (Å²) in [5.74, 6) is -1.59. The van der Waals surface area contributed by atoms with Gasteiger partial charge in [-0.05, 0) is 43.9 Å². The molecule has 0 saturated heterocycles. The van der Waals surface area contributed by atoms with Crippen LogP contribution in [0, 0.1) is 17.6 Å². The lowest BCUT2D eigenvalue weighted by Gasteiger charge is -2.14. The summed E-state index contributed by atoms with van der Waals surface area (Å²) < 4.78 is 26.3. The quantitative estimate of drug-likeness (QED) is 0.670. The third kappa shape index (κ3) is 6.42. The lowest BCUT2D eigenvalue weighted by atomic mass is 10.0. The summed E-state index contributed by atoms with van der Waals surface area (Å²) in [7, 11) is 0. The van der Waals surface area contributed by atoms with Gasteiger partial charge >= 0.3 is 0 Å². The fraction of sp³-hybridized carbons (Fsp3) is 0.444. The molecule has 146 valence electrons. The van der Waals surface area contributed by atoms with Crippen LogP contribution in [-0.4, -0.2) is 32.9 Å². The smallest absolute Gasteiger partial charge is 0.278 e. The lowest BCUT2D eigenvalue weighted by molar-refractivity contribution is -0.119. The molecule has 0 spiro atoms. The average molecular weight is 396 g/mol. The second-order valence-corrected chi connectivity index (χ2v) is 7.63. The zero-order valence-electron chi connectivity index (χ0n) is 15.4. The molecule has 1 amide bonds. The number of amides is 1. The molecule has 1 unspecified atom stereocenters. The molecule has 2 rings (SSSR count). The van der Waals surface area contributed by atoms with Crippen molar-refractivity contribution >= 4 is 17.7 Å². The molecule has 2 aromatic rings. The van der Waals surface area contributed by atoms with E-state index in [1.54, 1.807) is 0 Å². The molecule has 0 aliphatic carbocycles. The number of benzene rings is 1. The van der Waals surface area contributed by atoms with Crippen LogP contribution >= 0.6 is 11.8 Å². The van der Waals surface area contributed by atoms with Crippen molar-refractivity contribution in [3.8, 4) is 11.3 Å². The van der Waals surface area contributed by atoms with E-state index in [4.69, 9.17) is 0 Å². The summed E-state index contributed by atoms with van der Waals surface area (Å²) in [5.41, 5.74) is -0.592. The van der Waals surface area contributed by atoms with Crippen LogP contribution in [0.5, 0.6) is 0 Å². The highest BCUT2D eigenvalue weighted by atomic mass is 32.2. The summed E-state index contributed by atoms with van der Waals surface area (Å²) in [5, 5.41) is 10.7. The minimum Gasteiger partial charge on any atom is -0.353 e. The van der Waals surface area contributed by atoms with Gasteiger partial charge in [0.1, 0.15) is 0 Å². The predicted octanol–water partition coefficient (Wildman–Crippen LogP) is 3.14. The van der Waals surface area contributed by atoms with Crippen LogP contribution in [-0.2, 0) is 4.79 Å². The first kappa shape index (κ1) is 21.0. The van der Waals surface area contributed by atoms with Crippen LogP contribution in [0.1, 0.15) is 33.6 Å². The van der Waals surface area contributed by atoms with Crippen molar-refractivity contribution in [2.24, 2.45) is 5.92 Å². The number of rotatable bonds is 8. The van der Waals surface area contributed by atoms with Gasteiger partial charge in [-0.3, -0.25) is 14.6 Å². The zero-order valence-corrected chi connectivity index (χ0v) is 16.2. The Morgan fingerprint density at radius 1 is 1.19 bits per heavy atom. The third-order valence-corrected chi connectivity index (χ3v) is 4.66. The van der Waals surface area contributed by atoms with Crippen LogP contribution in [0.3, 0.4) is 0 Å². The van der Waals surface area contributed by atoms with Crippen molar-refractivity contribution < 1.29 is 13.6 Å². The fourth-order valence-electron chi connectivity index (χ4n) is 2.33. The van der Waals surface area contributed by atoms with E-state index < -0.39 is 17.2 Å². The lowest BCUT2D eigenvalue weighted by Crippen LogP contribution is -2.34. The largest absolute Gasteiger partial charge is 0.353 e. The number of aromatic nitrogens is 3. The number of aromatic amines is 1. The Labute approximate surface area is 160 Å². The molecule has 27 heavy (non-hydrogen) atoms. The first-order chi connectivity index (χ1) is 12.8. The number of carbonyl (C=O) groups is 1. The number of H-pyrrole nitrogens is 1. The maximum atomic E-state index is 13.3. The van der Waals surface area contributed by atoms with Crippen LogP contribution < -0.4 is 10.9 Å². The summed E-state index contributed by atoms with van der Waals surface area (Å²) in [6, 6.07) is 3.12. The van der Waals surface area contributed by atoms with Gasteiger partial charge in [0.25, 0.3) is 5.56 Å². The van der Waals surface area contributed by atoms with Crippen LogP contribution in [0.25, 0.3) is 11.3 Å². The van der Waals surface area contributed by atoms with Crippen molar-refractivity contribution in [2.45, 2.75) is 44.8 Å². The van der Waals surface area contributed by atoms with E-state index in [2.05, 4.69) is 34.3 Å². The average Bonchev–Trinajstić information content (AvgIpc) is 2.61. The summed E-state index contributed by atoms with van der Waals surface area (Å²) in [6.45, 7) is 6.20. The molecule has 1 aromatic heterocycles. The number of carbonyl (C=O) groups excluding carboxylic acids is 1. The number of hydrogen-bond donors (Lipinski definition) is 2. The Bertz CT molecular complexity index is 857. The normalized spacial score (nSPS) is 12.2. The Morgan fingerprint density at radius 2 is 1.93 bits per heavy atom. The molecule has 0 aliphatic heterocycles. The Kier molecular flexibility index (Phi) is 7.46. The monoisotopic (exact) mass is 396 g/mol. The third-order valence-electron chi connectivity index (χ3n) is 3.79. The standard InChI is InChI=1S/C18H22F2N4O2S/c1-10(2)4-5-11(3)21-15(25)9-27-18-22-17(26)16(23-24-18)12-6-7-13(19)14(20)8-12/h6-8,10-11H,4-5,9H2,1-3H3,(H,21,25)(H,22,24,26). The molecule has 1 heterocycles. The van der Waals surface area contributed by atoms with Gasteiger partial charge in [-0.25, -0.2) is 8.78 Å². The molecule has 0 fully saturated rings. The van der Waals surface area contributed by atoms with Crippen LogP contribution in [0.2, 0.25) is 0 Å². The predicted molar refractivity (Wildman–Crippen MR) is 100 cm³/mol. The number of thioether (sulfide) groups is 1. The van der Waals surface area contributed by atoms with Crippen molar-refractivity contribution in [3.63, 3.8) is 0 Å². The summed E-state index contributed by atoms with van der Waals surface area (Å²) >= 11 is 1.04. The van der Waals surface area contributed by atoms with Crippen LogP contribution in [0.15, 0.2) is 28.2 Å². The topological polar surface area (TPSA) is 87.7 Å².